The maximum Gasteiger partial charge on any atom is 0.416 e. The van der Waals surface area contributed by atoms with E-state index >= 15 is 0 Å². The summed E-state index contributed by atoms with van der Waals surface area (Å²) in [6.45, 7) is 4.96. The van der Waals surface area contributed by atoms with E-state index in [-0.39, 0.29) is 0 Å². The third kappa shape index (κ3) is 7.50. The Morgan fingerprint density at radius 3 is 2.34 bits per heavy atom. The van der Waals surface area contributed by atoms with E-state index in [1.165, 1.54) is 12.1 Å². The average Bonchev–Trinajstić information content (AvgIpc) is 2.82. The first-order valence-corrected chi connectivity index (χ1v) is 11.6. The van der Waals surface area contributed by atoms with Gasteiger partial charge >= 0.3 is 6.18 Å². The minimum atomic E-state index is -4.36. The molecule has 186 valence electrons. The molecule has 3 aromatic carbocycles. The van der Waals surface area contributed by atoms with Gasteiger partial charge in [-0.05, 0) is 65.9 Å². The van der Waals surface area contributed by atoms with Gasteiger partial charge in [0.2, 0.25) is 0 Å². The number of unbranched alkanes of at least 4 members (excludes halogenated alkanes) is 2. The number of rotatable bonds is 11. The Balaban J connectivity index is 1.83. The number of anilines is 1. The zero-order valence-electron chi connectivity index (χ0n) is 19.9. The molecule has 0 bridgehead atoms. The van der Waals surface area contributed by atoms with Crippen LogP contribution in [0.15, 0.2) is 66.7 Å². The van der Waals surface area contributed by atoms with Gasteiger partial charge in [0, 0.05) is 18.8 Å². The van der Waals surface area contributed by atoms with Gasteiger partial charge in [-0.3, -0.25) is 0 Å². The van der Waals surface area contributed by atoms with Crippen molar-refractivity contribution in [2.45, 2.75) is 45.8 Å². The third-order valence-corrected chi connectivity index (χ3v) is 5.75. The molecule has 0 amide bonds. The number of ether oxygens (including phenoxy) is 1. The Hall–Kier alpha value is -3.48. The summed E-state index contributed by atoms with van der Waals surface area (Å²) in [6.07, 6.45) is -1.18. The summed E-state index contributed by atoms with van der Waals surface area (Å²) in [5.41, 5.74) is 3.75. The van der Waals surface area contributed by atoms with Crippen molar-refractivity contribution in [2.24, 2.45) is 0 Å². The molecule has 35 heavy (non-hydrogen) atoms. The van der Waals surface area contributed by atoms with Gasteiger partial charge in [0.1, 0.15) is 12.4 Å². The number of alkyl halides is 3. The van der Waals surface area contributed by atoms with E-state index in [0.717, 1.165) is 65.9 Å². The summed E-state index contributed by atoms with van der Waals surface area (Å²) in [5, 5.41) is 10.7. The van der Waals surface area contributed by atoms with Crippen molar-refractivity contribution in [3.63, 3.8) is 0 Å². The van der Waals surface area contributed by atoms with Crippen LogP contribution in [0.4, 0.5) is 18.9 Å². The highest BCUT2D eigenvalue weighted by Gasteiger charge is 2.30. The Morgan fingerprint density at radius 2 is 1.71 bits per heavy atom. The fraction of sp³-hybridized carbons (Fsp3) is 0.321. The van der Waals surface area contributed by atoms with Gasteiger partial charge in [0.05, 0.1) is 11.5 Å². The molecule has 0 heterocycles. The SMILES string of the molecule is CCCCCN(Cc1ccc(OCC(=O)[O-])c(C)c1)c1cccc(-c2ccc(C(F)(F)F)cc2)c1. The lowest BCUT2D eigenvalue weighted by Gasteiger charge is -2.26. The van der Waals surface area contributed by atoms with E-state index in [1.807, 2.05) is 43.3 Å². The van der Waals surface area contributed by atoms with E-state index in [0.29, 0.717) is 12.3 Å². The largest absolute Gasteiger partial charge is 0.546 e. The Bertz CT molecular complexity index is 1130. The molecule has 0 spiro atoms. The number of carboxylic acids is 1. The molecule has 0 saturated carbocycles. The highest BCUT2D eigenvalue weighted by molar-refractivity contribution is 5.69. The molecule has 7 heteroatoms. The van der Waals surface area contributed by atoms with Crippen LogP contribution >= 0.6 is 0 Å². The van der Waals surface area contributed by atoms with Gasteiger partial charge in [-0.25, -0.2) is 0 Å². The molecular weight excluding hydrogens is 455 g/mol. The standard InChI is InChI=1S/C28H30F3NO3/c1-3-4-5-15-32(18-21-9-14-26(20(2)16-21)35-19-27(33)34)25-8-6-7-23(17-25)22-10-12-24(13-11-22)28(29,30)31/h6-14,16-17H,3-5,15,18-19H2,1-2H3,(H,33,34)/p-1. The summed E-state index contributed by atoms with van der Waals surface area (Å²) in [4.78, 5) is 12.9. The fourth-order valence-corrected chi connectivity index (χ4v) is 3.91. The third-order valence-electron chi connectivity index (χ3n) is 5.75. The lowest BCUT2D eigenvalue weighted by molar-refractivity contribution is -0.307. The van der Waals surface area contributed by atoms with E-state index in [2.05, 4.69) is 11.8 Å². The molecule has 0 radical (unpaired) electrons. The van der Waals surface area contributed by atoms with Crippen molar-refractivity contribution in [3.05, 3.63) is 83.4 Å². The number of carbonyl (C=O) groups is 1. The van der Waals surface area contributed by atoms with Crippen molar-refractivity contribution in [3.8, 4) is 16.9 Å². The molecule has 0 unspecified atom stereocenters. The van der Waals surface area contributed by atoms with Crippen LogP contribution in [0.25, 0.3) is 11.1 Å². The number of aryl methyl sites for hydroxylation is 1. The van der Waals surface area contributed by atoms with Gasteiger partial charge in [0.15, 0.2) is 0 Å². The molecule has 4 nitrogen and oxygen atoms in total. The number of halogens is 3. The topological polar surface area (TPSA) is 52.6 Å². The van der Waals surface area contributed by atoms with Crippen molar-refractivity contribution in [2.75, 3.05) is 18.1 Å². The molecule has 0 aliphatic rings. The molecule has 0 aliphatic heterocycles. The molecule has 3 aromatic rings. The molecular formula is C28H29F3NO3-. The number of nitrogens with zero attached hydrogens (tertiary/aromatic N) is 1. The highest BCUT2D eigenvalue weighted by atomic mass is 19.4. The molecule has 0 aromatic heterocycles. The zero-order chi connectivity index (χ0) is 25.4. The quantitative estimate of drug-likeness (QED) is 0.313. The van der Waals surface area contributed by atoms with Gasteiger partial charge in [-0.15, -0.1) is 0 Å². The van der Waals surface area contributed by atoms with Gasteiger partial charge in [-0.1, -0.05) is 56.2 Å². The minimum absolute atomic E-state index is 0.500. The average molecular weight is 485 g/mol. The number of hydrogen-bond donors (Lipinski definition) is 0. The number of carbonyl (C=O) groups excluding carboxylic acids is 1. The first-order valence-electron chi connectivity index (χ1n) is 11.6. The molecule has 0 aliphatic carbocycles. The first kappa shape index (κ1) is 26.1. The van der Waals surface area contributed by atoms with Crippen LogP contribution < -0.4 is 14.7 Å². The maximum absolute atomic E-state index is 12.9. The lowest BCUT2D eigenvalue weighted by Crippen LogP contribution is -2.29. The molecule has 0 saturated heterocycles. The molecule has 0 atom stereocenters. The lowest BCUT2D eigenvalue weighted by atomic mass is 10.0. The number of hydrogen-bond acceptors (Lipinski definition) is 4. The normalized spacial score (nSPS) is 11.3. The summed E-state index contributed by atoms with van der Waals surface area (Å²) < 4.78 is 44.1. The van der Waals surface area contributed by atoms with E-state index in [1.54, 1.807) is 6.07 Å². The van der Waals surface area contributed by atoms with E-state index in [4.69, 9.17) is 4.74 Å². The fourth-order valence-electron chi connectivity index (χ4n) is 3.91. The Morgan fingerprint density at radius 1 is 0.971 bits per heavy atom. The summed E-state index contributed by atoms with van der Waals surface area (Å²) >= 11 is 0. The summed E-state index contributed by atoms with van der Waals surface area (Å²) in [6, 6.07) is 18.7. The molecule has 0 fully saturated rings. The summed E-state index contributed by atoms with van der Waals surface area (Å²) in [5.74, 6) is -0.775. The predicted octanol–water partition coefficient (Wildman–Crippen LogP) is 6.01. The number of carboxylic acid groups (broad SMARTS) is 1. The van der Waals surface area contributed by atoms with Crippen LogP contribution in [0.1, 0.15) is 42.9 Å². The molecule has 3 rings (SSSR count). The van der Waals surface area contributed by atoms with Crippen molar-refractivity contribution in [1.29, 1.82) is 0 Å². The predicted molar refractivity (Wildman–Crippen MR) is 129 cm³/mol. The zero-order valence-corrected chi connectivity index (χ0v) is 19.9. The maximum atomic E-state index is 12.9. The second-order valence-electron chi connectivity index (χ2n) is 8.51. The van der Waals surface area contributed by atoms with Gasteiger partial charge in [-0.2, -0.15) is 13.2 Å². The smallest absolute Gasteiger partial charge is 0.416 e. The van der Waals surface area contributed by atoms with Crippen molar-refractivity contribution >= 4 is 11.7 Å². The van der Waals surface area contributed by atoms with Crippen molar-refractivity contribution in [1.82, 2.24) is 0 Å². The monoisotopic (exact) mass is 484 g/mol. The Kier molecular flexibility index (Phi) is 8.79. The van der Waals surface area contributed by atoms with Gasteiger partial charge < -0.3 is 19.5 Å². The second-order valence-corrected chi connectivity index (χ2v) is 8.51. The van der Waals surface area contributed by atoms with Crippen LogP contribution in [0, 0.1) is 6.92 Å². The van der Waals surface area contributed by atoms with E-state index < -0.39 is 24.3 Å². The van der Waals surface area contributed by atoms with Crippen LogP contribution in [0.2, 0.25) is 0 Å². The Labute approximate surface area is 204 Å². The van der Waals surface area contributed by atoms with Crippen LogP contribution in [-0.4, -0.2) is 19.1 Å². The van der Waals surface area contributed by atoms with Crippen molar-refractivity contribution < 1.29 is 27.8 Å². The van der Waals surface area contributed by atoms with Gasteiger partial charge in [0.25, 0.3) is 0 Å². The second kappa shape index (κ2) is 11.8. The van der Waals surface area contributed by atoms with E-state index in [9.17, 15) is 23.1 Å². The van der Waals surface area contributed by atoms with Crippen LogP contribution in [0.3, 0.4) is 0 Å². The van der Waals surface area contributed by atoms with Crippen LogP contribution in [0.5, 0.6) is 5.75 Å². The van der Waals surface area contributed by atoms with Crippen LogP contribution in [-0.2, 0) is 17.5 Å². The number of aliphatic carboxylic acids is 1. The summed E-state index contributed by atoms with van der Waals surface area (Å²) in [7, 11) is 0. The minimum Gasteiger partial charge on any atom is -0.546 e. The molecule has 0 N–H and O–H groups in total. The first-order chi connectivity index (χ1) is 16.7. The highest BCUT2D eigenvalue weighted by Crippen LogP contribution is 2.32. The number of benzene rings is 3.